The zero-order valence-corrected chi connectivity index (χ0v) is 18.7. The van der Waals surface area contributed by atoms with E-state index < -0.39 is 21.8 Å². The summed E-state index contributed by atoms with van der Waals surface area (Å²) in [5, 5.41) is 5.10. The molecule has 32 heavy (non-hydrogen) atoms. The summed E-state index contributed by atoms with van der Waals surface area (Å²) in [6, 6.07) is 15.2. The molecule has 0 bridgehead atoms. The van der Waals surface area contributed by atoms with Gasteiger partial charge in [-0.05, 0) is 42.5 Å². The summed E-state index contributed by atoms with van der Waals surface area (Å²) >= 11 is 7.05. The number of hydrogen-bond acceptors (Lipinski definition) is 7. The van der Waals surface area contributed by atoms with Crippen LogP contribution >= 0.6 is 22.9 Å². The molecule has 2 aromatic carbocycles. The third-order valence-corrected chi connectivity index (χ3v) is 7.26. The summed E-state index contributed by atoms with van der Waals surface area (Å²) in [6.07, 6.45) is 1.54. The van der Waals surface area contributed by atoms with Gasteiger partial charge < -0.3 is 0 Å². The van der Waals surface area contributed by atoms with E-state index in [9.17, 15) is 18.0 Å². The number of benzene rings is 2. The molecule has 2 heterocycles. The molecule has 0 aliphatic heterocycles. The minimum absolute atomic E-state index is 0.129. The van der Waals surface area contributed by atoms with Gasteiger partial charge in [0.25, 0.3) is 5.91 Å². The Bertz CT molecular complexity index is 1420. The van der Waals surface area contributed by atoms with Crippen LogP contribution in [0.1, 0.15) is 16.1 Å². The summed E-state index contributed by atoms with van der Waals surface area (Å²) < 4.78 is 26.0. The molecular formula is C21H15ClN4O4S2. The lowest BCUT2D eigenvalue weighted by Gasteiger charge is -2.05. The summed E-state index contributed by atoms with van der Waals surface area (Å²) in [4.78, 5) is 32.8. The Kier molecular flexibility index (Phi) is 6.17. The van der Waals surface area contributed by atoms with Crippen LogP contribution in [0.2, 0.25) is 5.02 Å². The molecule has 2 N–H and O–H groups in total. The van der Waals surface area contributed by atoms with Gasteiger partial charge in [0.05, 0.1) is 37.1 Å². The number of urea groups is 1. The number of amides is 3. The molecule has 8 nitrogen and oxygen atoms in total. The zero-order valence-electron chi connectivity index (χ0n) is 16.3. The van der Waals surface area contributed by atoms with Gasteiger partial charge in [0.15, 0.2) is 15.0 Å². The molecule has 3 amide bonds. The second-order valence-corrected chi connectivity index (χ2v) is 10.0. The lowest BCUT2D eigenvalue weighted by atomic mass is 10.2. The maximum atomic E-state index is 12.7. The molecule has 2 aromatic heterocycles. The number of rotatable bonds is 5. The summed E-state index contributed by atoms with van der Waals surface area (Å²) in [6.45, 7) is 0. The fraction of sp³-hybridized carbons (Fsp3) is 0.0476. The van der Waals surface area contributed by atoms with Crippen molar-refractivity contribution in [3.8, 4) is 0 Å². The average molecular weight is 487 g/mol. The third-order valence-electron chi connectivity index (χ3n) is 4.35. The fourth-order valence-corrected chi connectivity index (χ4v) is 5.35. The number of nitrogens with zero attached hydrogens (tertiary/aromatic N) is 2. The SMILES string of the molecule is O=C(NC(=O)c1ccccc1Cl)Nc1nc2ccc(S(=O)(=O)Cc3ccccn3)cc2s1. The Hall–Kier alpha value is -3.34. The maximum Gasteiger partial charge on any atom is 0.327 e. The fourth-order valence-electron chi connectivity index (χ4n) is 2.86. The highest BCUT2D eigenvalue weighted by atomic mass is 35.5. The van der Waals surface area contributed by atoms with Crippen LogP contribution in [-0.2, 0) is 15.6 Å². The van der Waals surface area contributed by atoms with Gasteiger partial charge in [-0.3, -0.25) is 20.4 Å². The number of aromatic nitrogens is 2. The van der Waals surface area contributed by atoms with Crippen LogP contribution in [0.15, 0.2) is 71.8 Å². The third kappa shape index (κ3) is 4.93. The molecule has 4 aromatic rings. The lowest BCUT2D eigenvalue weighted by molar-refractivity contribution is 0.0967. The number of halogens is 1. The highest BCUT2D eigenvalue weighted by Crippen LogP contribution is 2.29. The smallest absolute Gasteiger partial charge is 0.283 e. The van der Waals surface area contributed by atoms with Gasteiger partial charge in [-0.1, -0.05) is 41.1 Å². The topological polar surface area (TPSA) is 118 Å². The Morgan fingerprint density at radius 2 is 1.81 bits per heavy atom. The maximum absolute atomic E-state index is 12.7. The van der Waals surface area contributed by atoms with Crippen LogP contribution in [0.5, 0.6) is 0 Å². The minimum Gasteiger partial charge on any atom is -0.283 e. The molecular weight excluding hydrogens is 472 g/mol. The summed E-state index contributed by atoms with van der Waals surface area (Å²) in [5.41, 5.74) is 1.12. The van der Waals surface area contributed by atoms with Crippen LogP contribution in [0, 0.1) is 0 Å². The van der Waals surface area contributed by atoms with Gasteiger partial charge in [-0.25, -0.2) is 18.2 Å². The normalized spacial score (nSPS) is 11.3. The first-order valence-corrected chi connectivity index (χ1v) is 12.1. The molecule has 0 spiro atoms. The van der Waals surface area contributed by atoms with Crippen molar-refractivity contribution in [3.05, 3.63) is 83.1 Å². The first kappa shape index (κ1) is 21.9. The summed E-state index contributed by atoms with van der Waals surface area (Å²) in [5.74, 6) is -0.882. The number of anilines is 1. The number of carbonyl (C=O) groups is 2. The number of thiazole rings is 1. The first-order chi connectivity index (χ1) is 15.3. The second kappa shape index (κ2) is 9.03. The van der Waals surface area contributed by atoms with Gasteiger partial charge >= 0.3 is 6.03 Å². The Labute approximate surface area is 192 Å². The van der Waals surface area contributed by atoms with E-state index in [1.54, 1.807) is 42.5 Å². The van der Waals surface area contributed by atoms with E-state index in [0.29, 0.717) is 15.9 Å². The quantitative estimate of drug-likeness (QED) is 0.434. The van der Waals surface area contributed by atoms with Gasteiger partial charge in [0, 0.05) is 6.20 Å². The zero-order chi connectivity index (χ0) is 22.7. The van der Waals surface area contributed by atoms with Crippen LogP contribution in [-0.4, -0.2) is 30.3 Å². The van der Waals surface area contributed by atoms with Crippen molar-refractivity contribution < 1.29 is 18.0 Å². The molecule has 0 atom stereocenters. The molecule has 162 valence electrons. The molecule has 0 radical (unpaired) electrons. The number of pyridine rings is 1. The number of hydrogen-bond donors (Lipinski definition) is 2. The van der Waals surface area contributed by atoms with Crippen LogP contribution in [0.25, 0.3) is 10.2 Å². The molecule has 0 fully saturated rings. The van der Waals surface area contributed by atoms with Crippen LogP contribution in [0.3, 0.4) is 0 Å². The molecule has 0 saturated carbocycles. The van der Waals surface area contributed by atoms with Crippen molar-refractivity contribution in [1.29, 1.82) is 0 Å². The Balaban J connectivity index is 1.49. The van der Waals surface area contributed by atoms with Crippen molar-refractivity contribution >= 4 is 60.1 Å². The van der Waals surface area contributed by atoms with Crippen molar-refractivity contribution in [1.82, 2.24) is 15.3 Å². The molecule has 0 saturated heterocycles. The molecule has 0 unspecified atom stereocenters. The van der Waals surface area contributed by atoms with Crippen molar-refractivity contribution in [2.24, 2.45) is 0 Å². The predicted molar refractivity (Wildman–Crippen MR) is 123 cm³/mol. The highest BCUT2D eigenvalue weighted by Gasteiger charge is 2.19. The van der Waals surface area contributed by atoms with Gasteiger partial charge in [0.2, 0.25) is 0 Å². The van der Waals surface area contributed by atoms with Crippen LogP contribution in [0.4, 0.5) is 9.93 Å². The molecule has 11 heteroatoms. The monoisotopic (exact) mass is 486 g/mol. The molecule has 0 aliphatic rings. The molecule has 4 rings (SSSR count). The van der Waals surface area contributed by atoms with Gasteiger partial charge in [-0.2, -0.15) is 0 Å². The van der Waals surface area contributed by atoms with E-state index >= 15 is 0 Å². The van der Waals surface area contributed by atoms with Crippen molar-refractivity contribution in [3.63, 3.8) is 0 Å². The highest BCUT2D eigenvalue weighted by molar-refractivity contribution is 7.90. The van der Waals surface area contributed by atoms with E-state index in [0.717, 1.165) is 11.3 Å². The van der Waals surface area contributed by atoms with E-state index in [-0.39, 0.29) is 26.4 Å². The largest absolute Gasteiger partial charge is 0.327 e. The first-order valence-electron chi connectivity index (χ1n) is 9.22. The Morgan fingerprint density at radius 1 is 1.03 bits per heavy atom. The van der Waals surface area contributed by atoms with E-state index in [1.807, 2.05) is 0 Å². The number of nitrogens with one attached hydrogen (secondary N) is 2. The number of carbonyl (C=O) groups excluding carboxylic acids is 2. The molecule has 0 aliphatic carbocycles. The minimum atomic E-state index is -3.61. The standard InChI is InChI=1S/C21H15ClN4O4S2/c22-16-7-2-1-6-15(16)19(27)25-20(28)26-21-24-17-9-8-14(11-18(17)31-21)32(29,30)12-13-5-3-4-10-23-13/h1-11H,12H2,(H2,24,25,26,27,28). The Morgan fingerprint density at radius 3 is 2.56 bits per heavy atom. The van der Waals surface area contributed by atoms with E-state index in [2.05, 4.69) is 20.6 Å². The summed E-state index contributed by atoms with van der Waals surface area (Å²) in [7, 11) is -3.61. The van der Waals surface area contributed by atoms with Crippen molar-refractivity contribution in [2.75, 3.05) is 5.32 Å². The van der Waals surface area contributed by atoms with Crippen molar-refractivity contribution in [2.45, 2.75) is 10.6 Å². The van der Waals surface area contributed by atoms with Crippen LogP contribution < -0.4 is 10.6 Å². The average Bonchev–Trinajstić information content (AvgIpc) is 3.15. The lowest BCUT2D eigenvalue weighted by Crippen LogP contribution is -2.34. The second-order valence-electron chi connectivity index (χ2n) is 6.62. The number of fused-ring (bicyclic) bond motifs is 1. The van der Waals surface area contributed by atoms with E-state index in [4.69, 9.17) is 11.6 Å². The predicted octanol–water partition coefficient (Wildman–Crippen LogP) is 4.28. The van der Waals surface area contributed by atoms with Gasteiger partial charge in [0.1, 0.15) is 0 Å². The number of sulfone groups is 1. The number of imide groups is 1. The van der Waals surface area contributed by atoms with E-state index in [1.165, 1.54) is 24.4 Å². The van der Waals surface area contributed by atoms with Gasteiger partial charge in [-0.15, -0.1) is 0 Å².